The molecule has 18 heavy (non-hydrogen) atoms. The van der Waals surface area contributed by atoms with Crippen LogP contribution in [0.25, 0.3) is 11.1 Å². The van der Waals surface area contributed by atoms with Crippen LogP contribution in [0.1, 0.15) is 25.3 Å². The van der Waals surface area contributed by atoms with E-state index in [1.165, 1.54) is 11.1 Å². The molecule has 0 saturated heterocycles. The molecule has 0 aromatic heterocycles. The van der Waals surface area contributed by atoms with Gasteiger partial charge in [-0.2, -0.15) is 0 Å². The molecule has 0 spiro atoms. The third kappa shape index (κ3) is 2.68. The van der Waals surface area contributed by atoms with Gasteiger partial charge in [-0.05, 0) is 46.9 Å². The molecular formula is C16H17ClO. The van der Waals surface area contributed by atoms with Crippen molar-refractivity contribution >= 4 is 11.6 Å². The Labute approximate surface area is 113 Å². The van der Waals surface area contributed by atoms with Crippen LogP contribution in [0.2, 0.25) is 5.02 Å². The molecule has 0 fully saturated rings. The summed E-state index contributed by atoms with van der Waals surface area (Å²) in [4.78, 5) is 0. The molecule has 0 atom stereocenters. The monoisotopic (exact) mass is 260 g/mol. The van der Waals surface area contributed by atoms with Crippen LogP contribution in [-0.2, 0) is 0 Å². The minimum atomic E-state index is 0.462. The van der Waals surface area contributed by atoms with Crippen molar-refractivity contribution in [2.75, 3.05) is 7.11 Å². The molecule has 0 N–H and O–H groups in total. The molecule has 0 aliphatic rings. The molecule has 0 unspecified atom stereocenters. The molecule has 94 valence electrons. The first kappa shape index (κ1) is 13.0. The summed E-state index contributed by atoms with van der Waals surface area (Å²) >= 11 is 6.11. The van der Waals surface area contributed by atoms with Crippen molar-refractivity contribution in [1.82, 2.24) is 0 Å². The molecule has 0 aliphatic heterocycles. The molecule has 0 saturated carbocycles. The number of ether oxygens (including phenoxy) is 1. The van der Waals surface area contributed by atoms with Crippen molar-refractivity contribution in [1.29, 1.82) is 0 Å². The largest absolute Gasteiger partial charge is 0.497 e. The lowest BCUT2D eigenvalue weighted by molar-refractivity contribution is 0.415. The molecule has 2 heteroatoms. The Morgan fingerprint density at radius 3 is 2.50 bits per heavy atom. The van der Waals surface area contributed by atoms with Gasteiger partial charge in [0.15, 0.2) is 0 Å². The first-order chi connectivity index (χ1) is 8.61. The molecule has 0 radical (unpaired) electrons. The van der Waals surface area contributed by atoms with Crippen LogP contribution in [-0.4, -0.2) is 7.11 Å². The van der Waals surface area contributed by atoms with E-state index in [9.17, 15) is 0 Å². The van der Waals surface area contributed by atoms with Gasteiger partial charge in [0.05, 0.1) is 7.11 Å². The summed E-state index contributed by atoms with van der Waals surface area (Å²) in [6, 6.07) is 14.1. The molecule has 0 heterocycles. The standard InChI is InChI=1S/C16H17ClO/c1-11(2)15-8-7-13(17)10-16(15)12-5-4-6-14(9-12)18-3/h4-11H,1-3H3. The number of methoxy groups -OCH3 is 1. The van der Waals surface area contributed by atoms with Crippen LogP contribution >= 0.6 is 11.6 Å². The Balaban J connectivity index is 2.57. The Hall–Kier alpha value is -1.47. The molecule has 0 aliphatic carbocycles. The molecule has 1 nitrogen and oxygen atoms in total. The van der Waals surface area contributed by atoms with Gasteiger partial charge in [0.1, 0.15) is 5.75 Å². The highest BCUT2D eigenvalue weighted by molar-refractivity contribution is 6.30. The van der Waals surface area contributed by atoms with Gasteiger partial charge in [-0.25, -0.2) is 0 Å². The Morgan fingerprint density at radius 2 is 1.83 bits per heavy atom. The van der Waals surface area contributed by atoms with Crippen molar-refractivity contribution in [3.05, 3.63) is 53.1 Å². The number of rotatable bonds is 3. The SMILES string of the molecule is COc1cccc(-c2cc(Cl)ccc2C(C)C)c1. The van der Waals surface area contributed by atoms with E-state index in [4.69, 9.17) is 16.3 Å². The highest BCUT2D eigenvalue weighted by Crippen LogP contribution is 2.33. The smallest absolute Gasteiger partial charge is 0.119 e. The second-order valence-electron chi connectivity index (χ2n) is 4.62. The van der Waals surface area contributed by atoms with Crippen molar-refractivity contribution < 1.29 is 4.74 Å². The summed E-state index contributed by atoms with van der Waals surface area (Å²) in [5, 5.41) is 0.761. The number of hydrogen-bond acceptors (Lipinski definition) is 1. The highest BCUT2D eigenvalue weighted by atomic mass is 35.5. The minimum absolute atomic E-state index is 0.462. The average molecular weight is 261 g/mol. The maximum atomic E-state index is 6.11. The summed E-state index contributed by atoms with van der Waals surface area (Å²) in [5.41, 5.74) is 3.62. The van der Waals surface area contributed by atoms with Gasteiger partial charge in [-0.3, -0.25) is 0 Å². The molecule has 2 rings (SSSR count). The highest BCUT2D eigenvalue weighted by Gasteiger charge is 2.09. The zero-order valence-electron chi connectivity index (χ0n) is 10.9. The quantitative estimate of drug-likeness (QED) is 0.743. The summed E-state index contributed by atoms with van der Waals surface area (Å²) in [5.74, 6) is 1.32. The fourth-order valence-corrected chi connectivity index (χ4v) is 2.24. The predicted octanol–water partition coefficient (Wildman–Crippen LogP) is 5.14. The normalized spacial score (nSPS) is 10.7. The fourth-order valence-electron chi connectivity index (χ4n) is 2.07. The Bertz CT molecular complexity index is 547. The average Bonchev–Trinajstić information content (AvgIpc) is 2.38. The van der Waals surface area contributed by atoms with Crippen LogP contribution < -0.4 is 4.74 Å². The molecule has 2 aromatic carbocycles. The van der Waals surface area contributed by atoms with E-state index in [1.54, 1.807) is 7.11 Å². The van der Waals surface area contributed by atoms with E-state index in [0.29, 0.717) is 5.92 Å². The van der Waals surface area contributed by atoms with E-state index in [1.807, 2.05) is 30.3 Å². The van der Waals surface area contributed by atoms with Crippen molar-refractivity contribution in [3.63, 3.8) is 0 Å². The van der Waals surface area contributed by atoms with Crippen LogP contribution in [0.5, 0.6) is 5.75 Å². The van der Waals surface area contributed by atoms with Crippen LogP contribution in [0.15, 0.2) is 42.5 Å². The zero-order chi connectivity index (χ0) is 13.1. The maximum Gasteiger partial charge on any atom is 0.119 e. The topological polar surface area (TPSA) is 9.23 Å². The van der Waals surface area contributed by atoms with Gasteiger partial charge >= 0.3 is 0 Å². The predicted molar refractivity (Wildman–Crippen MR) is 77.5 cm³/mol. The second-order valence-corrected chi connectivity index (χ2v) is 5.05. The molecule has 2 aromatic rings. The van der Waals surface area contributed by atoms with Gasteiger partial charge < -0.3 is 4.74 Å². The van der Waals surface area contributed by atoms with Crippen LogP contribution in [0, 0.1) is 0 Å². The second kappa shape index (κ2) is 5.45. The zero-order valence-corrected chi connectivity index (χ0v) is 11.7. The van der Waals surface area contributed by atoms with Crippen molar-refractivity contribution in [2.45, 2.75) is 19.8 Å². The Kier molecular flexibility index (Phi) is 3.93. The lowest BCUT2D eigenvalue weighted by Crippen LogP contribution is -1.93. The summed E-state index contributed by atoms with van der Waals surface area (Å²) in [7, 11) is 1.68. The molecule has 0 bridgehead atoms. The van der Waals surface area contributed by atoms with Gasteiger partial charge in [0, 0.05) is 5.02 Å². The van der Waals surface area contributed by atoms with Crippen molar-refractivity contribution in [2.24, 2.45) is 0 Å². The summed E-state index contributed by atoms with van der Waals surface area (Å²) in [6.45, 7) is 4.37. The van der Waals surface area contributed by atoms with E-state index in [-0.39, 0.29) is 0 Å². The van der Waals surface area contributed by atoms with Crippen molar-refractivity contribution in [3.8, 4) is 16.9 Å². The maximum absolute atomic E-state index is 6.11. The van der Waals surface area contributed by atoms with Gasteiger partial charge in [0.25, 0.3) is 0 Å². The summed E-state index contributed by atoms with van der Waals surface area (Å²) < 4.78 is 5.27. The third-order valence-corrected chi connectivity index (χ3v) is 3.25. The number of hydrogen-bond donors (Lipinski definition) is 0. The van der Waals surface area contributed by atoms with Crippen LogP contribution in [0.3, 0.4) is 0 Å². The third-order valence-electron chi connectivity index (χ3n) is 3.02. The van der Waals surface area contributed by atoms with Crippen LogP contribution in [0.4, 0.5) is 0 Å². The number of benzene rings is 2. The first-order valence-electron chi connectivity index (χ1n) is 6.05. The Morgan fingerprint density at radius 1 is 1.06 bits per heavy atom. The van der Waals surface area contributed by atoms with E-state index in [0.717, 1.165) is 16.3 Å². The molecular weight excluding hydrogens is 244 g/mol. The van der Waals surface area contributed by atoms with E-state index >= 15 is 0 Å². The van der Waals surface area contributed by atoms with Gasteiger partial charge in [0.2, 0.25) is 0 Å². The summed E-state index contributed by atoms with van der Waals surface area (Å²) in [6.07, 6.45) is 0. The van der Waals surface area contributed by atoms with E-state index in [2.05, 4.69) is 26.0 Å². The van der Waals surface area contributed by atoms with Gasteiger partial charge in [-0.1, -0.05) is 43.6 Å². The first-order valence-corrected chi connectivity index (χ1v) is 6.43. The fraction of sp³-hybridized carbons (Fsp3) is 0.250. The van der Waals surface area contributed by atoms with Gasteiger partial charge in [-0.15, -0.1) is 0 Å². The minimum Gasteiger partial charge on any atom is -0.497 e. The number of halogens is 1. The lowest BCUT2D eigenvalue weighted by Gasteiger charge is -2.14. The molecule has 0 amide bonds. The lowest BCUT2D eigenvalue weighted by atomic mass is 9.92. The van der Waals surface area contributed by atoms with E-state index < -0.39 is 0 Å².